The van der Waals surface area contributed by atoms with Crippen molar-refractivity contribution in [3.05, 3.63) is 11.3 Å². The maximum absolute atomic E-state index is 12.5. The Labute approximate surface area is 127 Å². The Balaban J connectivity index is 2.07. The molecule has 0 bridgehead atoms. The van der Waals surface area contributed by atoms with E-state index in [1.807, 2.05) is 13.8 Å². The average Bonchev–Trinajstić information content (AvgIpc) is 3.16. The van der Waals surface area contributed by atoms with E-state index < -0.39 is 10.0 Å². The molecule has 2 rings (SSSR count). The van der Waals surface area contributed by atoms with E-state index in [-0.39, 0.29) is 11.1 Å². The number of aryl methyl sites for hydroxylation is 1. The molecule has 21 heavy (non-hydrogen) atoms. The largest absolute Gasteiger partial charge is 0.310 e. The van der Waals surface area contributed by atoms with Crippen molar-refractivity contribution in [1.29, 1.82) is 0 Å². The van der Waals surface area contributed by atoms with Crippen LogP contribution in [0, 0.1) is 6.92 Å². The first-order valence-electron chi connectivity index (χ1n) is 7.73. The Morgan fingerprint density at radius 1 is 1.43 bits per heavy atom. The zero-order valence-corrected chi connectivity index (χ0v) is 13.9. The van der Waals surface area contributed by atoms with Crippen molar-refractivity contribution in [3.8, 4) is 0 Å². The number of rotatable bonds is 9. The zero-order chi connectivity index (χ0) is 15.5. The van der Waals surface area contributed by atoms with Crippen LogP contribution in [0.4, 0.5) is 0 Å². The monoisotopic (exact) mass is 314 g/mol. The second kappa shape index (κ2) is 6.89. The van der Waals surface area contributed by atoms with Crippen molar-refractivity contribution in [2.24, 2.45) is 0 Å². The number of nitrogens with zero attached hydrogens (tertiary/aromatic N) is 1. The van der Waals surface area contributed by atoms with Gasteiger partial charge in [-0.3, -0.25) is 5.10 Å². The first-order valence-corrected chi connectivity index (χ1v) is 9.22. The number of H-pyrrole nitrogens is 1. The molecule has 1 aromatic rings. The highest BCUT2D eigenvalue weighted by molar-refractivity contribution is 7.89. The molecule has 0 aliphatic heterocycles. The summed E-state index contributed by atoms with van der Waals surface area (Å²) in [6.45, 7) is 6.40. The fourth-order valence-corrected chi connectivity index (χ4v) is 3.76. The van der Waals surface area contributed by atoms with Gasteiger partial charge in [-0.25, -0.2) is 13.1 Å². The Morgan fingerprint density at radius 3 is 2.76 bits per heavy atom. The van der Waals surface area contributed by atoms with Crippen molar-refractivity contribution in [3.63, 3.8) is 0 Å². The maximum Gasteiger partial charge on any atom is 0.260 e. The topological polar surface area (TPSA) is 86.9 Å². The summed E-state index contributed by atoms with van der Waals surface area (Å²) in [6.07, 6.45) is 5.26. The second-order valence-electron chi connectivity index (χ2n) is 5.95. The van der Waals surface area contributed by atoms with E-state index in [1.165, 1.54) is 12.8 Å². The first kappa shape index (κ1) is 16.5. The summed E-state index contributed by atoms with van der Waals surface area (Å²) >= 11 is 0. The van der Waals surface area contributed by atoms with Crippen LogP contribution in [0.25, 0.3) is 0 Å². The minimum atomic E-state index is -3.56. The molecule has 1 aromatic heterocycles. The van der Waals surface area contributed by atoms with E-state index in [4.69, 9.17) is 0 Å². The quantitative estimate of drug-likeness (QED) is 0.649. The molecule has 0 saturated heterocycles. The van der Waals surface area contributed by atoms with Gasteiger partial charge in [0.1, 0.15) is 0 Å². The molecule has 120 valence electrons. The predicted molar refractivity (Wildman–Crippen MR) is 82.5 cm³/mol. The van der Waals surface area contributed by atoms with Crippen molar-refractivity contribution in [1.82, 2.24) is 20.2 Å². The minimum Gasteiger partial charge on any atom is -0.310 e. The molecule has 7 heteroatoms. The van der Waals surface area contributed by atoms with Gasteiger partial charge in [-0.1, -0.05) is 19.8 Å². The summed E-state index contributed by atoms with van der Waals surface area (Å²) in [5.41, 5.74) is 1.56. The number of aromatic amines is 1. The van der Waals surface area contributed by atoms with E-state index >= 15 is 0 Å². The number of hydrogen-bond donors (Lipinski definition) is 3. The highest BCUT2D eigenvalue weighted by Gasteiger charge is 2.27. The van der Waals surface area contributed by atoms with Crippen molar-refractivity contribution in [2.45, 2.75) is 76.5 Å². The Kier molecular flexibility index (Phi) is 5.40. The van der Waals surface area contributed by atoms with Crippen LogP contribution in [0.2, 0.25) is 0 Å². The molecule has 1 unspecified atom stereocenters. The highest BCUT2D eigenvalue weighted by atomic mass is 32.2. The van der Waals surface area contributed by atoms with E-state index in [2.05, 4.69) is 27.2 Å². The summed E-state index contributed by atoms with van der Waals surface area (Å²) in [7, 11) is -3.56. The van der Waals surface area contributed by atoms with Crippen molar-refractivity contribution < 1.29 is 8.42 Å². The van der Waals surface area contributed by atoms with Crippen LogP contribution in [0.15, 0.2) is 5.03 Å². The summed E-state index contributed by atoms with van der Waals surface area (Å²) in [5.74, 6) is 0. The van der Waals surface area contributed by atoms with Gasteiger partial charge < -0.3 is 5.32 Å². The van der Waals surface area contributed by atoms with Gasteiger partial charge >= 0.3 is 0 Å². The van der Waals surface area contributed by atoms with Gasteiger partial charge in [-0.05, 0) is 33.1 Å². The molecule has 1 atom stereocenters. The van der Waals surface area contributed by atoms with E-state index in [9.17, 15) is 8.42 Å². The number of hydrogen-bond acceptors (Lipinski definition) is 4. The number of sulfonamides is 1. The molecule has 1 saturated carbocycles. The van der Waals surface area contributed by atoms with Crippen LogP contribution in [-0.4, -0.2) is 30.7 Å². The number of nitrogens with one attached hydrogen (secondary N) is 3. The maximum atomic E-state index is 12.5. The minimum absolute atomic E-state index is 0.0730. The molecule has 1 aliphatic rings. The van der Waals surface area contributed by atoms with E-state index in [0.29, 0.717) is 12.6 Å². The van der Waals surface area contributed by atoms with Gasteiger partial charge in [0.05, 0.1) is 0 Å². The fraction of sp³-hybridized carbons (Fsp3) is 0.786. The summed E-state index contributed by atoms with van der Waals surface area (Å²) in [4.78, 5) is 0. The molecule has 0 spiro atoms. The predicted octanol–water partition coefficient (Wildman–Crippen LogP) is 1.83. The molecule has 3 N–H and O–H groups in total. The van der Waals surface area contributed by atoms with Crippen LogP contribution in [0.5, 0.6) is 0 Å². The van der Waals surface area contributed by atoms with Gasteiger partial charge in [0.15, 0.2) is 5.03 Å². The molecule has 0 radical (unpaired) electrons. The summed E-state index contributed by atoms with van der Waals surface area (Å²) in [6, 6.07) is 0.461. The molecule has 1 aliphatic carbocycles. The molecular formula is C14H26N4O2S. The second-order valence-corrected chi connectivity index (χ2v) is 7.58. The Morgan fingerprint density at radius 2 is 2.14 bits per heavy atom. The molecular weight excluding hydrogens is 288 g/mol. The van der Waals surface area contributed by atoms with Gasteiger partial charge in [0.25, 0.3) is 10.0 Å². The molecule has 1 heterocycles. The van der Waals surface area contributed by atoms with Gasteiger partial charge in [-0.15, -0.1) is 0 Å². The number of unbranched alkanes of at least 4 members (excludes halogenated alkanes) is 1. The third-order valence-electron chi connectivity index (χ3n) is 3.78. The van der Waals surface area contributed by atoms with Crippen LogP contribution < -0.4 is 10.0 Å². The van der Waals surface area contributed by atoms with Crippen molar-refractivity contribution >= 4 is 10.0 Å². The SMILES string of the molecule is CCCCC(C)NS(=O)(=O)c1n[nH]c(C)c1CNC1CC1. The normalized spacial score (nSPS) is 17.1. The molecule has 1 fully saturated rings. The zero-order valence-electron chi connectivity index (χ0n) is 13.1. The lowest BCUT2D eigenvalue weighted by molar-refractivity contribution is 0.530. The lowest BCUT2D eigenvalue weighted by Gasteiger charge is -2.13. The number of aromatic nitrogens is 2. The first-order chi connectivity index (χ1) is 9.94. The van der Waals surface area contributed by atoms with Gasteiger partial charge in [0.2, 0.25) is 0 Å². The molecule has 0 amide bonds. The molecule has 0 aromatic carbocycles. The lowest BCUT2D eigenvalue weighted by Crippen LogP contribution is -2.33. The van der Waals surface area contributed by atoms with Crippen LogP contribution >= 0.6 is 0 Å². The van der Waals surface area contributed by atoms with Crippen LogP contribution in [-0.2, 0) is 16.6 Å². The third kappa shape index (κ3) is 4.52. The third-order valence-corrected chi connectivity index (χ3v) is 5.34. The summed E-state index contributed by atoms with van der Waals surface area (Å²) in [5, 5.41) is 10.3. The molecule has 6 nitrogen and oxygen atoms in total. The Hall–Kier alpha value is -0.920. The van der Waals surface area contributed by atoms with Crippen LogP contribution in [0.3, 0.4) is 0 Å². The lowest BCUT2D eigenvalue weighted by atomic mass is 10.2. The smallest absolute Gasteiger partial charge is 0.260 e. The van der Waals surface area contributed by atoms with Gasteiger partial charge in [-0.2, -0.15) is 5.10 Å². The van der Waals surface area contributed by atoms with E-state index in [0.717, 1.165) is 30.5 Å². The van der Waals surface area contributed by atoms with Gasteiger partial charge in [0, 0.05) is 29.9 Å². The van der Waals surface area contributed by atoms with Crippen LogP contribution in [0.1, 0.15) is 57.2 Å². The fourth-order valence-electron chi connectivity index (χ4n) is 2.28. The van der Waals surface area contributed by atoms with Crippen molar-refractivity contribution in [2.75, 3.05) is 0 Å². The van der Waals surface area contributed by atoms with E-state index in [1.54, 1.807) is 0 Å². The standard InChI is InChI=1S/C14H26N4O2S/c1-4-5-6-10(2)18-21(19,20)14-13(11(3)16-17-14)9-15-12-7-8-12/h10,12,15,18H,4-9H2,1-3H3,(H,16,17). The Bertz CT molecular complexity index is 564. The summed E-state index contributed by atoms with van der Waals surface area (Å²) < 4.78 is 27.7. The highest BCUT2D eigenvalue weighted by Crippen LogP contribution is 2.22. The average molecular weight is 314 g/mol.